The second kappa shape index (κ2) is 9.34. The van der Waals surface area contributed by atoms with Gasteiger partial charge in [-0.3, -0.25) is 9.88 Å². The van der Waals surface area contributed by atoms with E-state index in [9.17, 15) is 9.90 Å². The van der Waals surface area contributed by atoms with Gasteiger partial charge in [0.15, 0.2) is 0 Å². The Morgan fingerprint density at radius 1 is 1.08 bits per heavy atom. The number of aliphatic hydroxyl groups is 1. The molecule has 2 aromatic carbocycles. The molecule has 3 aromatic rings. The first-order chi connectivity index (χ1) is 17.2. The molecule has 0 spiro atoms. The number of hydrogen-bond donors (Lipinski definition) is 1. The van der Waals surface area contributed by atoms with Crippen molar-refractivity contribution in [1.29, 1.82) is 0 Å². The molecule has 6 nitrogen and oxygen atoms in total. The number of carbonyl (C=O) groups is 1. The number of aromatic nitrogens is 1. The number of cyclic esters (lactones) is 1. The number of benzene rings is 2. The van der Waals surface area contributed by atoms with E-state index in [4.69, 9.17) is 4.74 Å². The zero-order valence-corrected chi connectivity index (χ0v) is 21.5. The van der Waals surface area contributed by atoms with E-state index in [1.807, 2.05) is 48.5 Å². The first kappa shape index (κ1) is 24.5. The molecule has 0 bridgehead atoms. The third-order valence-corrected chi connectivity index (χ3v) is 7.74. The van der Waals surface area contributed by atoms with Gasteiger partial charge in [-0.15, -0.1) is 0 Å². The van der Waals surface area contributed by atoms with Gasteiger partial charge in [0.25, 0.3) is 0 Å². The van der Waals surface area contributed by atoms with Crippen molar-refractivity contribution in [3.05, 3.63) is 95.3 Å². The molecular formula is C30H35N3O3. The maximum absolute atomic E-state index is 12.8. The summed E-state index contributed by atoms with van der Waals surface area (Å²) in [5.74, 6) is 0.410. The highest BCUT2D eigenvalue weighted by atomic mass is 16.6. The van der Waals surface area contributed by atoms with Crippen LogP contribution in [0.15, 0.2) is 73.1 Å². The third-order valence-electron chi connectivity index (χ3n) is 7.74. The maximum atomic E-state index is 12.8. The summed E-state index contributed by atoms with van der Waals surface area (Å²) in [6.07, 6.45) is 3.45. The minimum atomic E-state index is -1.26. The number of pyridine rings is 1. The molecule has 2 aliphatic heterocycles. The second-order valence-electron chi connectivity index (χ2n) is 11.0. The van der Waals surface area contributed by atoms with Crippen molar-refractivity contribution in [2.24, 2.45) is 5.41 Å². The fourth-order valence-electron chi connectivity index (χ4n) is 5.84. The summed E-state index contributed by atoms with van der Waals surface area (Å²) in [4.78, 5) is 21.1. The Balaban J connectivity index is 1.47. The van der Waals surface area contributed by atoms with Gasteiger partial charge in [-0.1, -0.05) is 75.4 Å². The van der Waals surface area contributed by atoms with Crippen LogP contribution in [0.4, 0.5) is 10.5 Å². The zero-order valence-electron chi connectivity index (χ0n) is 21.5. The highest BCUT2D eigenvalue weighted by Gasteiger charge is 2.55. The molecule has 2 atom stereocenters. The van der Waals surface area contributed by atoms with Crippen LogP contribution in [0.3, 0.4) is 0 Å². The van der Waals surface area contributed by atoms with Gasteiger partial charge in [-0.2, -0.15) is 0 Å². The first-order valence-electron chi connectivity index (χ1n) is 12.7. The van der Waals surface area contributed by atoms with Crippen molar-refractivity contribution in [3.8, 4) is 0 Å². The molecule has 0 saturated carbocycles. The maximum Gasteiger partial charge on any atom is 0.414 e. The van der Waals surface area contributed by atoms with Crippen molar-refractivity contribution in [2.75, 3.05) is 31.6 Å². The van der Waals surface area contributed by atoms with E-state index in [1.165, 1.54) is 5.56 Å². The van der Waals surface area contributed by atoms with Crippen LogP contribution in [0.5, 0.6) is 0 Å². The number of anilines is 1. The average molecular weight is 486 g/mol. The summed E-state index contributed by atoms with van der Waals surface area (Å²) in [6.45, 7) is 8.40. The molecule has 1 unspecified atom stereocenters. The lowest BCUT2D eigenvalue weighted by atomic mass is 9.62. The number of likely N-dealkylation sites (tertiary alicyclic amines) is 1. The van der Waals surface area contributed by atoms with Crippen LogP contribution < -0.4 is 4.90 Å². The van der Waals surface area contributed by atoms with Gasteiger partial charge < -0.3 is 14.7 Å². The number of nitrogens with zero attached hydrogens (tertiary/aromatic N) is 3. The highest BCUT2D eigenvalue weighted by molar-refractivity contribution is 5.89. The van der Waals surface area contributed by atoms with Gasteiger partial charge in [-0.05, 0) is 35.7 Å². The third kappa shape index (κ3) is 4.29. The van der Waals surface area contributed by atoms with E-state index < -0.39 is 11.0 Å². The molecule has 1 amide bonds. The van der Waals surface area contributed by atoms with Crippen LogP contribution in [0.1, 0.15) is 48.9 Å². The molecule has 6 heteroatoms. The normalized spacial score (nSPS) is 21.2. The quantitative estimate of drug-likeness (QED) is 0.512. The number of hydrogen-bond acceptors (Lipinski definition) is 5. The Morgan fingerprint density at radius 2 is 1.78 bits per heavy atom. The number of carbonyl (C=O) groups excluding carboxylic acids is 1. The van der Waals surface area contributed by atoms with Crippen LogP contribution in [0.25, 0.3) is 0 Å². The van der Waals surface area contributed by atoms with E-state index >= 15 is 0 Å². The summed E-state index contributed by atoms with van der Waals surface area (Å²) in [7, 11) is 2.06. The molecule has 1 aromatic heterocycles. The Kier molecular flexibility index (Phi) is 6.35. The molecule has 2 saturated heterocycles. The second-order valence-corrected chi connectivity index (χ2v) is 11.0. The van der Waals surface area contributed by atoms with E-state index in [1.54, 1.807) is 17.3 Å². The van der Waals surface area contributed by atoms with Crippen molar-refractivity contribution in [3.63, 3.8) is 0 Å². The van der Waals surface area contributed by atoms with E-state index in [2.05, 4.69) is 49.8 Å². The van der Waals surface area contributed by atoms with Crippen molar-refractivity contribution in [1.82, 2.24) is 9.88 Å². The number of amides is 1. The molecule has 36 heavy (non-hydrogen) atoms. The molecule has 0 aliphatic carbocycles. The lowest BCUT2D eigenvalue weighted by Gasteiger charge is -2.56. The molecule has 5 rings (SSSR count). The van der Waals surface area contributed by atoms with Gasteiger partial charge in [0.05, 0.1) is 18.4 Å². The smallest absolute Gasteiger partial charge is 0.414 e. The molecular weight excluding hydrogens is 450 g/mol. The van der Waals surface area contributed by atoms with Crippen molar-refractivity contribution < 1.29 is 14.6 Å². The SMILES string of the molecule is CC(C)c1ccc([C@](O)(c2cncc(N3CC(Cc4ccccc4)OC3=O)c2)C2(C)CN(C)C2)cc1. The predicted molar refractivity (Wildman–Crippen MR) is 141 cm³/mol. The average Bonchev–Trinajstić information content (AvgIpc) is 3.23. The Labute approximate surface area is 213 Å². The summed E-state index contributed by atoms with van der Waals surface area (Å²) < 4.78 is 5.68. The molecule has 2 fully saturated rings. The van der Waals surface area contributed by atoms with Crippen molar-refractivity contribution >= 4 is 11.8 Å². The van der Waals surface area contributed by atoms with E-state index in [0.717, 1.165) is 24.2 Å². The first-order valence-corrected chi connectivity index (χ1v) is 12.7. The largest absolute Gasteiger partial charge is 0.444 e. The van der Waals surface area contributed by atoms with Crippen LogP contribution in [0.2, 0.25) is 0 Å². The number of rotatable bonds is 7. The Bertz CT molecular complexity index is 1220. The van der Waals surface area contributed by atoms with Gasteiger partial charge >= 0.3 is 6.09 Å². The fraction of sp³-hybridized carbons (Fsp3) is 0.400. The van der Waals surface area contributed by atoms with Gasteiger partial charge in [0, 0.05) is 36.7 Å². The highest BCUT2D eigenvalue weighted by Crippen LogP contribution is 2.50. The minimum absolute atomic E-state index is 0.233. The molecule has 188 valence electrons. The van der Waals surface area contributed by atoms with E-state index in [-0.39, 0.29) is 12.2 Å². The van der Waals surface area contributed by atoms with Gasteiger partial charge in [0.2, 0.25) is 0 Å². The van der Waals surface area contributed by atoms with E-state index in [0.29, 0.717) is 30.1 Å². The molecule has 0 radical (unpaired) electrons. The van der Waals surface area contributed by atoms with Crippen LogP contribution in [-0.2, 0) is 16.8 Å². The standard InChI is InChI=1S/C30H35N3O3/c1-21(2)23-10-12-24(13-11-23)30(35,29(3)19-32(4)20-29)25-15-26(17-31-16-25)33-18-27(36-28(33)34)14-22-8-6-5-7-9-22/h5-13,15-17,21,27,35H,14,18-20H2,1-4H3/t27?,30-/m0/s1. The fourth-order valence-corrected chi connectivity index (χ4v) is 5.84. The monoisotopic (exact) mass is 485 g/mol. The van der Waals surface area contributed by atoms with Crippen LogP contribution >= 0.6 is 0 Å². The van der Waals surface area contributed by atoms with Crippen LogP contribution in [-0.4, -0.2) is 53.9 Å². The summed E-state index contributed by atoms with van der Waals surface area (Å²) in [5, 5.41) is 12.5. The van der Waals surface area contributed by atoms with Gasteiger partial charge in [0.1, 0.15) is 11.7 Å². The molecule has 3 heterocycles. The summed E-state index contributed by atoms with van der Waals surface area (Å²) in [5.41, 5.74) is 2.87. The zero-order chi connectivity index (χ0) is 25.5. The molecule has 2 aliphatic rings. The summed E-state index contributed by atoms with van der Waals surface area (Å²) in [6, 6.07) is 20.2. The Hall–Kier alpha value is -3.22. The topological polar surface area (TPSA) is 65.9 Å². The van der Waals surface area contributed by atoms with Crippen molar-refractivity contribution in [2.45, 2.75) is 44.8 Å². The van der Waals surface area contributed by atoms with Gasteiger partial charge in [-0.25, -0.2) is 4.79 Å². The lowest BCUT2D eigenvalue weighted by Crippen LogP contribution is -2.63. The minimum Gasteiger partial charge on any atom is -0.444 e. The number of ether oxygens (including phenoxy) is 1. The van der Waals surface area contributed by atoms with Crippen LogP contribution in [0, 0.1) is 5.41 Å². The molecule has 1 N–H and O–H groups in total. The predicted octanol–water partition coefficient (Wildman–Crippen LogP) is 4.96. The Morgan fingerprint density at radius 3 is 2.42 bits per heavy atom. The lowest BCUT2D eigenvalue weighted by molar-refractivity contribution is -0.127. The summed E-state index contributed by atoms with van der Waals surface area (Å²) >= 11 is 0.